The summed E-state index contributed by atoms with van der Waals surface area (Å²) in [5.74, 6) is 0.152. The Hall–Kier alpha value is -2.66. The highest BCUT2D eigenvalue weighted by molar-refractivity contribution is 5.94. The Morgan fingerprint density at radius 2 is 1.74 bits per heavy atom. The number of rotatable bonds is 3. The van der Waals surface area contributed by atoms with Gasteiger partial charge in [-0.3, -0.25) is 14.3 Å². The molecule has 2 aliphatic rings. The molecule has 5 heteroatoms. The fourth-order valence-corrected chi connectivity index (χ4v) is 4.44. The predicted molar refractivity (Wildman–Crippen MR) is 106 cm³/mol. The Morgan fingerprint density at radius 1 is 0.963 bits per heavy atom. The van der Waals surface area contributed by atoms with Gasteiger partial charge in [-0.2, -0.15) is 0 Å². The number of hydrogen-bond donors (Lipinski definition) is 0. The van der Waals surface area contributed by atoms with E-state index >= 15 is 0 Å². The van der Waals surface area contributed by atoms with Crippen LogP contribution in [-0.4, -0.2) is 57.5 Å². The first-order chi connectivity index (χ1) is 13.3. The molecule has 0 bridgehead atoms. The summed E-state index contributed by atoms with van der Waals surface area (Å²) < 4.78 is 2.06. The van der Waals surface area contributed by atoms with E-state index in [1.807, 2.05) is 53.7 Å². The zero-order chi connectivity index (χ0) is 18.2. The van der Waals surface area contributed by atoms with Crippen LogP contribution in [0.2, 0.25) is 0 Å². The summed E-state index contributed by atoms with van der Waals surface area (Å²) in [6.45, 7) is 4.13. The molecule has 2 aliphatic heterocycles. The average molecular weight is 360 g/mol. The second kappa shape index (κ2) is 6.82. The number of fused-ring (bicyclic) bond motifs is 1. The second-order valence-corrected chi connectivity index (χ2v) is 7.59. The van der Waals surface area contributed by atoms with Crippen LogP contribution in [0.5, 0.6) is 0 Å². The van der Waals surface area contributed by atoms with Gasteiger partial charge < -0.3 is 4.90 Å². The number of nitrogens with zero attached hydrogens (tertiary/aromatic N) is 4. The topological polar surface area (TPSA) is 41.4 Å². The molecule has 1 amide bonds. The van der Waals surface area contributed by atoms with Crippen LogP contribution < -0.4 is 0 Å². The van der Waals surface area contributed by atoms with Crippen molar-refractivity contribution in [2.45, 2.75) is 25.3 Å². The fraction of sp³-hybridized carbons (Fsp3) is 0.364. The highest BCUT2D eigenvalue weighted by Gasteiger charge is 2.31. The Kier molecular flexibility index (Phi) is 4.17. The van der Waals surface area contributed by atoms with E-state index in [0.717, 1.165) is 41.8 Å². The number of carbonyl (C=O) groups excluding carboxylic acids is 1. The van der Waals surface area contributed by atoms with Crippen molar-refractivity contribution in [3.63, 3.8) is 0 Å². The molecule has 27 heavy (non-hydrogen) atoms. The van der Waals surface area contributed by atoms with E-state index < -0.39 is 0 Å². The lowest BCUT2D eigenvalue weighted by atomic mass is 10.1. The molecule has 3 heterocycles. The van der Waals surface area contributed by atoms with Gasteiger partial charge in [-0.25, -0.2) is 4.98 Å². The molecule has 5 rings (SSSR count). The maximum absolute atomic E-state index is 12.9. The Morgan fingerprint density at radius 3 is 2.56 bits per heavy atom. The van der Waals surface area contributed by atoms with Crippen LogP contribution in [0.4, 0.5) is 0 Å². The lowest BCUT2D eigenvalue weighted by Crippen LogP contribution is -2.37. The molecule has 0 spiro atoms. The summed E-state index contributed by atoms with van der Waals surface area (Å²) in [6, 6.07) is 16.5. The Bertz CT molecular complexity index is 956. The maximum Gasteiger partial charge on any atom is 0.253 e. The van der Waals surface area contributed by atoms with E-state index in [0.29, 0.717) is 6.04 Å². The fourth-order valence-electron chi connectivity index (χ4n) is 4.44. The number of amides is 1. The Balaban J connectivity index is 1.32. The van der Waals surface area contributed by atoms with Crippen molar-refractivity contribution >= 4 is 16.9 Å². The third-order valence-electron chi connectivity index (χ3n) is 5.95. The molecule has 5 nitrogen and oxygen atoms in total. The van der Waals surface area contributed by atoms with Crippen molar-refractivity contribution in [2.24, 2.45) is 0 Å². The molecule has 2 aromatic carbocycles. The number of para-hydroxylation sites is 2. The van der Waals surface area contributed by atoms with Crippen LogP contribution in [0.15, 0.2) is 54.9 Å². The number of aromatic nitrogens is 2. The molecule has 2 saturated heterocycles. The number of imidazole rings is 1. The first kappa shape index (κ1) is 16.5. The van der Waals surface area contributed by atoms with Crippen molar-refractivity contribution in [2.75, 3.05) is 26.2 Å². The van der Waals surface area contributed by atoms with Gasteiger partial charge in [-0.15, -0.1) is 0 Å². The highest BCUT2D eigenvalue weighted by Crippen LogP contribution is 2.23. The standard InChI is InChI=1S/C22H24N4O/c27-22(25-14-11-19(15-25)24-12-3-4-13-24)17-7-9-18(10-8-17)26-16-23-20-5-1-2-6-21(20)26/h1-2,5-10,16,19H,3-4,11-15H2. The highest BCUT2D eigenvalue weighted by atomic mass is 16.2. The maximum atomic E-state index is 12.9. The van der Waals surface area contributed by atoms with E-state index in [1.165, 1.54) is 25.9 Å². The molecule has 0 radical (unpaired) electrons. The zero-order valence-corrected chi connectivity index (χ0v) is 15.4. The summed E-state index contributed by atoms with van der Waals surface area (Å²) >= 11 is 0. The van der Waals surface area contributed by atoms with Crippen molar-refractivity contribution in [3.05, 3.63) is 60.4 Å². The van der Waals surface area contributed by atoms with Crippen LogP contribution in [0.25, 0.3) is 16.7 Å². The van der Waals surface area contributed by atoms with E-state index in [1.54, 1.807) is 0 Å². The lowest BCUT2D eigenvalue weighted by Gasteiger charge is -2.23. The number of benzene rings is 2. The molecule has 0 aliphatic carbocycles. The van der Waals surface area contributed by atoms with Gasteiger partial charge in [0.2, 0.25) is 0 Å². The van der Waals surface area contributed by atoms with Crippen molar-refractivity contribution < 1.29 is 4.79 Å². The van der Waals surface area contributed by atoms with Gasteiger partial charge in [0, 0.05) is 30.4 Å². The third kappa shape index (κ3) is 3.02. The van der Waals surface area contributed by atoms with Gasteiger partial charge in [0.05, 0.1) is 11.0 Å². The summed E-state index contributed by atoms with van der Waals surface area (Å²) in [4.78, 5) is 21.9. The van der Waals surface area contributed by atoms with Crippen LogP contribution in [0.1, 0.15) is 29.6 Å². The lowest BCUT2D eigenvalue weighted by molar-refractivity contribution is 0.0780. The molecule has 0 saturated carbocycles. The first-order valence-electron chi connectivity index (χ1n) is 9.85. The summed E-state index contributed by atoms with van der Waals surface area (Å²) in [5, 5.41) is 0. The van der Waals surface area contributed by atoms with Crippen LogP contribution >= 0.6 is 0 Å². The third-order valence-corrected chi connectivity index (χ3v) is 5.95. The number of carbonyl (C=O) groups is 1. The van der Waals surface area contributed by atoms with Crippen LogP contribution in [0, 0.1) is 0 Å². The van der Waals surface area contributed by atoms with Crippen molar-refractivity contribution in [1.82, 2.24) is 19.4 Å². The predicted octanol–water partition coefficient (Wildman–Crippen LogP) is 3.34. The van der Waals surface area contributed by atoms with E-state index in [4.69, 9.17) is 0 Å². The SMILES string of the molecule is O=C(c1ccc(-n2cnc3ccccc32)cc1)N1CCC(N2CCCC2)C1. The molecule has 2 fully saturated rings. The smallest absolute Gasteiger partial charge is 0.253 e. The van der Waals surface area contributed by atoms with Gasteiger partial charge >= 0.3 is 0 Å². The Labute approximate surface area is 159 Å². The van der Waals surface area contributed by atoms with E-state index in [2.05, 4.69) is 20.5 Å². The normalized spacial score (nSPS) is 20.6. The largest absolute Gasteiger partial charge is 0.337 e. The molecule has 1 atom stereocenters. The van der Waals surface area contributed by atoms with Crippen molar-refractivity contribution in [3.8, 4) is 5.69 Å². The first-order valence-corrected chi connectivity index (χ1v) is 9.85. The summed E-state index contributed by atoms with van der Waals surface area (Å²) in [5.41, 5.74) is 3.84. The zero-order valence-electron chi connectivity index (χ0n) is 15.4. The summed E-state index contributed by atoms with van der Waals surface area (Å²) in [7, 11) is 0. The number of likely N-dealkylation sites (tertiary alicyclic amines) is 2. The minimum absolute atomic E-state index is 0.152. The van der Waals surface area contributed by atoms with Gasteiger partial charge in [-0.1, -0.05) is 12.1 Å². The monoisotopic (exact) mass is 360 g/mol. The van der Waals surface area contributed by atoms with Gasteiger partial charge in [0.1, 0.15) is 6.33 Å². The molecule has 138 valence electrons. The molecule has 3 aromatic rings. The molecule has 1 aromatic heterocycles. The minimum atomic E-state index is 0.152. The average Bonchev–Trinajstić information content (AvgIpc) is 3.47. The van der Waals surface area contributed by atoms with Gasteiger partial charge in [0.25, 0.3) is 5.91 Å². The van der Waals surface area contributed by atoms with E-state index in [-0.39, 0.29) is 5.91 Å². The quantitative estimate of drug-likeness (QED) is 0.719. The molecule has 1 unspecified atom stereocenters. The molecular formula is C22H24N4O. The molecular weight excluding hydrogens is 336 g/mol. The second-order valence-electron chi connectivity index (χ2n) is 7.59. The van der Waals surface area contributed by atoms with Crippen LogP contribution in [-0.2, 0) is 0 Å². The minimum Gasteiger partial charge on any atom is -0.337 e. The van der Waals surface area contributed by atoms with E-state index in [9.17, 15) is 4.79 Å². The number of hydrogen-bond acceptors (Lipinski definition) is 3. The summed E-state index contributed by atoms with van der Waals surface area (Å²) in [6.07, 6.45) is 5.54. The van der Waals surface area contributed by atoms with Gasteiger partial charge in [0.15, 0.2) is 0 Å². The van der Waals surface area contributed by atoms with Crippen molar-refractivity contribution in [1.29, 1.82) is 0 Å². The van der Waals surface area contributed by atoms with Crippen LogP contribution in [0.3, 0.4) is 0 Å². The van der Waals surface area contributed by atoms with Gasteiger partial charge in [-0.05, 0) is 68.8 Å². The molecule has 0 N–H and O–H groups in total.